The van der Waals surface area contributed by atoms with Gasteiger partial charge in [-0.3, -0.25) is 4.79 Å². The molecule has 0 rings (SSSR count). The van der Waals surface area contributed by atoms with E-state index in [9.17, 15) is 4.79 Å². The molecule has 0 aliphatic carbocycles. The minimum absolute atomic E-state index is 0.0130. The maximum absolute atomic E-state index is 11.8. The van der Waals surface area contributed by atoms with E-state index >= 15 is 0 Å². The third kappa shape index (κ3) is 23.9. The number of hydrogen-bond donors (Lipinski definition) is 0. The minimum Gasteiger partial charge on any atom is -0.466 e. The van der Waals surface area contributed by atoms with Crippen LogP contribution in [0.15, 0.2) is 0 Å². The van der Waals surface area contributed by atoms with Gasteiger partial charge in [-0.05, 0) is 51.7 Å². The molecule has 3 heteroatoms. The van der Waals surface area contributed by atoms with Crippen molar-refractivity contribution in [3.8, 4) is 0 Å². The van der Waals surface area contributed by atoms with Crippen LogP contribution in [0.1, 0.15) is 149 Å². The molecule has 3 nitrogen and oxygen atoms in total. The summed E-state index contributed by atoms with van der Waals surface area (Å²) in [5, 5.41) is 0. The predicted molar refractivity (Wildman–Crippen MR) is 137 cm³/mol. The van der Waals surface area contributed by atoms with Gasteiger partial charge in [-0.15, -0.1) is 0 Å². The zero-order chi connectivity index (χ0) is 22.8. The van der Waals surface area contributed by atoms with Crippen LogP contribution in [-0.4, -0.2) is 37.1 Å². The lowest BCUT2D eigenvalue weighted by Gasteiger charge is -2.21. The van der Waals surface area contributed by atoms with E-state index in [0.29, 0.717) is 13.0 Å². The van der Waals surface area contributed by atoms with Crippen molar-refractivity contribution >= 4 is 5.97 Å². The van der Waals surface area contributed by atoms with Crippen molar-refractivity contribution in [2.45, 2.75) is 149 Å². The Bertz CT molecular complexity index is 359. The van der Waals surface area contributed by atoms with Crippen molar-refractivity contribution < 1.29 is 9.53 Å². The van der Waals surface area contributed by atoms with Gasteiger partial charge in [0.15, 0.2) is 0 Å². The largest absolute Gasteiger partial charge is 0.466 e. The molecular formula is C28H57NO2. The first kappa shape index (κ1) is 30.4. The number of carbonyl (C=O) groups excluding carboxylic acids is 1. The van der Waals surface area contributed by atoms with Crippen LogP contribution in [0.2, 0.25) is 0 Å². The summed E-state index contributed by atoms with van der Waals surface area (Å²) in [6.07, 6.45) is 25.1. The third-order valence-electron chi connectivity index (χ3n) is 6.23. The number of nitrogens with zero attached hydrogens (tertiary/aromatic N) is 1. The molecule has 0 N–H and O–H groups in total. The molecule has 0 saturated heterocycles. The summed E-state index contributed by atoms with van der Waals surface area (Å²) in [5.74, 6) is 0.0130. The van der Waals surface area contributed by atoms with Crippen molar-refractivity contribution in [1.82, 2.24) is 4.90 Å². The number of esters is 1. The third-order valence-corrected chi connectivity index (χ3v) is 6.23. The molecule has 0 fully saturated rings. The van der Waals surface area contributed by atoms with E-state index in [1.54, 1.807) is 0 Å². The van der Waals surface area contributed by atoms with Gasteiger partial charge < -0.3 is 9.64 Å². The molecule has 0 unspecified atom stereocenters. The van der Waals surface area contributed by atoms with Crippen LogP contribution in [0.25, 0.3) is 0 Å². The summed E-state index contributed by atoms with van der Waals surface area (Å²) in [7, 11) is 0. The van der Waals surface area contributed by atoms with Gasteiger partial charge in [0.25, 0.3) is 0 Å². The number of rotatable bonds is 25. The standard InChI is InChI=1S/C28H57NO2/c1-4-7-9-11-13-18-22-27-31-28(30)23-19-15-14-17-21-26-29(24-6-3)25-20-16-12-10-8-5-2/h4-27H2,1-3H3. The second-order valence-corrected chi connectivity index (χ2v) is 9.47. The number of hydrogen-bond acceptors (Lipinski definition) is 3. The molecule has 0 aromatic rings. The monoisotopic (exact) mass is 439 g/mol. The van der Waals surface area contributed by atoms with E-state index in [1.807, 2.05) is 0 Å². The fraction of sp³-hybridized carbons (Fsp3) is 0.964. The Kier molecular flexibility index (Phi) is 25.2. The Hall–Kier alpha value is -0.570. The molecule has 0 aliphatic heterocycles. The van der Waals surface area contributed by atoms with Crippen molar-refractivity contribution in [3.63, 3.8) is 0 Å². The lowest BCUT2D eigenvalue weighted by Crippen LogP contribution is -2.27. The van der Waals surface area contributed by atoms with Crippen LogP contribution < -0.4 is 0 Å². The smallest absolute Gasteiger partial charge is 0.305 e. The first-order chi connectivity index (χ1) is 15.2. The molecule has 0 aliphatic rings. The predicted octanol–water partition coefficient (Wildman–Crippen LogP) is 8.69. The van der Waals surface area contributed by atoms with E-state index in [-0.39, 0.29) is 5.97 Å². The molecule has 0 spiro atoms. The molecule has 0 bridgehead atoms. The average molecular weight is 440 g/mol. The van der Waals surface area contributed by atoms with Crippen LogP contribution >= 0.6 is 0 Å². The van der Waals surface area contributed by atoms with Gasteiger partial charge in [0.1, 0.15) is 0 Å². The summed E-state index contributed by atoms with van der Waals surface area (Å²) in [5.41, 5.74) is 0. The van der Waals surface area contributed by atoms with E-state index in [0.717, 1.165) is 19.3 Å². The highest BCUT2D eigenvalue weighted by Crippen LogP contribution is 2.11. The van der Waals surface area contributed by atoms with Gasteiger partial charge in [-0.1, -0.05) is 111 Å². The molecule has 186 valence electrons. The maximum atomic E-state index is 11.8. The maximum Gasteiger partial charge on any atom is 0.305 e. The zero-order valence-electron chi connectivity index (χ0n) is 21.7. The number of carbonyl (C=O) groups is 1. The normalized spacial score (nSPS) is 11.4. The highest BCUT2D eigenvalue weighted by atomic mass is 16.5. The van der Waals surface area contributed by atoms with Crippen LogP contribution in [-0.2, 0) is 9.53 Å². The van der Waals surface area contributed by atoms with Gasteiger partial charge >= 0.3 is 5.97 Å². The second kappa shape index (κ2) is 25.7. The van der Waals surface area contributed by atoms with Gasteiger partial charge in [0, 0.05) is 6.42 Å². The number of ether oxygens (including phenoxy) is 1. The number of unbranched alkanes of at least 4 members (excludes halogenated alkanes) is 15. The van der Waals surface area contributed by atoms with Crippen molar-refractivity contribution in [2.24, 2.45) is 0 Å². The Labute approximate surface area is 196 Å². The minimum atomic E-state index is 0.0130. The van der Waals surface area contributed by atoms with Gasteiger partial charge in [0.05, 0.1) is 6.61 Å². The van der Waals surface area contributed by atoms with Gasteiger partial charge in [-0.25, -0.2) is 0 Å². The van der Waals surface area contributed by atoms with E-state index < -0.39 is 0 Å². The fourth-order valence-corrected chi connectivity index (χ4v) is 4.22. The zero-order valence-corrected chi connectivity index (χ0v) is 21.7. The Morgan fingerprint density at radius 2 is 0.968 bits per heavy atom. The SMILES string of the molecule is CCCCCCCCCOC(=O)CCCCCCCN(CCC)CCCCCCCC. The molecule has 0 amide bonds. The molecule has 0 radical (unpaired) electrons. The topological polar surface area (TPSA) is 29.5 Å². The first-order valence-electron chi connectivity index (χ1n) is 14.1. The van der Waals surface area contributed by atoms with Crippen molar-refractivity contribution in [2.75, 3.05) is 26.2 Å². The van der Waals surface area contributed by atoms with Gasteiger partial charge in [-0.2, -0.15) is 0 Å². The fourth-order valence-electron chi connectivity index (χ4n) is 4.22. The summed E-state index contributed by atoms with van der Waals surface area (Å²) < 4.78 is 5.38. The van der Waals surface area contributed by atoms with Crippen LogP contribution in [0.3, 0.4) is 0 Å². The second-order valence-electron chi connectivity index (χ2n) is 9.47. The Morgan fingerprint density at radius 3 is 1.48 bits per heavy atom. The molecule has 0 heterocycles. The molecule has 0 aromatic heterocycles. The van der Waals surface area contributed by atoms with Crippen molar-refractivity contribution in [1.29, 1.82) is 0 Å². The average Bonchev–Trinajstić information content (AvgIpc) is 2.77. The highest BCUT2D eigenvalue weighted by Gasteiger charge is 2.05. The highest BCUT2D eigenvalue weighted by molar-refractivity contribution is 5.69. The first-order valence-corrected chi connectivity index (χ1v) is 14.1. The molecule has 31 heavy (non-hydrogen) atoms. The summed E-state index contributed by atoms with van der Waals surface area (Å²) in [6, 6.07) is 0. The van der Waals surface area contributed by atoms with Gasteiger partial charge in [0.2, 0.25) is 0 Å². The van der Waals surface area contributed by atoms with Crippen LogP contribution in [0.4, 0.5) is 0 Å². The molecule has 0 saturated carbocycles. The lowest BCUT2D eigenvalue weighted by atomic mass is 10.1. The Balaban J connectivity index is 3.46. The Morgan fingerprint density at radius 1 is 0.516 bits per heavy atom. The molecule has 0 atom stereocenters. The summed E-state index contributed by atoms with van der Waals surface area (Å²) in [4.78, 5) is 14.5. The van der Waals surface area contributed by atoms with Crippen LogP contribution in [0.5, 0.6) is 0 Å². The van der Waals surface area contributed by atoms with E-state index in [4.69, 9.17) is 4.74 Å². The quantitative estimate of drug-likeness (QED) is 0.105. The van der Waals surface area contributed by atoms with E-state index in [1.165, 1.54) is 122 Å². The summed E-state index contributed by atoms with van der Waals surface area (Å²) >= 11 is 0. The van der Waals surface area contributed by atoms with E-state index in [2.05, 4.69) is 25.7 Å². The molecule has 0 aromatic carbocycles. The van der Waals surface area contributed by atoms with Crippen molar-refractivity contribution in [3.05, 3.63) is 0 Å². The molecular weight excluding hydrogens is 382 g/mol. The lowest BCUT2D eigenvalue weighted by molar-refractivity contribution is -0.143. The van der Waals surface area contributed by atoms with Crippen LogP contribution in [0, 0.1) is 0 Å². The summed E-state index contributed by atoms with van der Waals surface area (Å²) in [6.45, 7) is 11.2.